The van der Waals surface area contributed by atoms with E-state index in [2.05, 4.69) is 4.72 Å². The van der Waals surface area contributed by atoms with Crippen LogP contribution in [0, 0.1) is 17.1 Å². The topological polar surface area (TPSA) is 70.0 Å². The largest absolute Gasteiger partial charge is 0.244 e. The van der Waals surface area contributed by atoms with Crippen LogP contribution in [0.5, 0.6) is 0 Å². The lowest BCUT2D eigenvalue weighted by atomic mass is 10.2. The van der Waals surface area contributed by atoms with Crippen molar-refractivity contribution in [3.63, 3.8) is 0 Å². The van der Waals surface area contributed by atoms with E-state index in [1.165, 1.54) is 12.1 Å². The van der Waals surface area contributed by atoms with E-state index in [1.807, 2.05) is 6.07 Å². The van der Waals surface area contributed by atoms with Crippen LogP contribution in [-0.4, -0.2) is 15.0 Å². The first-order valence-corrected chi connectivity index (χ1v) is 7.16. The van der Waals surface area contributed by atoms with Gasteiger partial charge in [0.2, 0.25) is 10.0 Å². The van der Waals surface area contributed by atoms with E-state index < -0.39 is 20.7 Å². The van der Waals surface area contributed by atoms with E-state index in [4.69, 9.17) is 16.9 Å². The Labute approximate surface area is 110 Å². The number of halogens is 2. The van der Waals surface area contributed by atoms with Gasteiger partial charge in [0, 0.05) is 13.0 Å². The molecule has 1 aromatic rings. The Morgan fingerprint density at radius 3 is 2.72 bits per heavy atom. The average molecular weight is 291 g/mol. The van der Waals surface area contributed by atoms with Gasteiger partial charge in [-0.2, -0.15) is 5.26 Å². The van der Waals surface area contributed by atoms with Gasteiger partial charge in [0.15, 0.2) is 0 Å². The molecule has 18 heavy (non-hydrogen) atoms. The minimum absolute atomic E-state index is 0.147. The Kier molecular flexibility index (Phi) is 5.54. The van der Waals surface area contributed by atoms with Gasteiger partial charge >= 0.3 is 0 Å². The van der Waals surface area contributed by atoms with Gasteiger partial charge < -0.3 is 0 Å². The summed E-state index contributed by atoms with van der Waals surface area (Å²) in [4.78, 5) is -0.535. The van der Waals surface area contributed by atoms with Crippen LogP contribution in [0.4, 0.5) is 4.39 Å². The van der Waals surface area contributed by atoms with E-state index in [1.54, 1.807) is 0 Å². The standard InChI is InChI=1S/C11H12ClFN2O2S/c12-9-5-4-6-10(13)11(9)18(16,17)15-8-3-1-2-7-14/h4-6,15H,1-3,8H2. The van der Waals surface area contributed by atoms with Gasteiger partial charge in [-0.15, -0.1) is 0 Å². The van der Waals surface area contributed by atoms with Gasteiger partial charge in [0.25, 0.3) is 0 Å². The lowest BCUT2D eigenvalue weighted by Gasteiger charge is -2.08. The fourth-order valence-corrected chi connectivity index (χ4v) is 3.02. The van der Waals surface area contributed by atoms with Crippen molar-refractivity contribution in [3.8, 4) is 6.07 Å². The third-order valence-corrected chi connectivity index (χ3v) is 4.16. The number of nitrogens with zero attached hydrogens (tertiary/aromatic N) is 1. The molecule has 0 saturated carbocycles. The van der Waals surface area contributed by atoms with E-state index in [-0.39, 0.29) is 11.6 Å². The number of nitriles is 1. The van der Waals surface area contributed by atoms with Crippen LogP contribution >= 0.6 is 11.6 Å². The Morgan fingerprint density at radius 1 is 1.39 bits per heavy atom. The number of sulfonamides is 1. The molecule has 1 N–H and O–H groups in total. The number of benzene rings is 1. The van der Waals surface area contributed by atoms with E-state index in [0.29, 0.717) is 19.3 Å². The van der Waals surface area contributed by atoms with E-state index in [0.717, 1.165) is 6.07 Å². The minimum Gasteiger partial charge on any atom is -0.211 e. The maximum absolute atomic E-state index is 13.4. The molecule has 0 aliphatic carbocycles. The van der Waals surface area contributed by atoms with Crippen LogP contribution in [0.3, 0.4) is 0 Å². The highest BCUT2D eigenvalue weighted by Gasteiger charge is 2.21. The monoisotopic (exact) mass is 290 g/mol. The summed E-state index contributed by atoms with van der Waals surface area (Å²) in [5.74, 6) is -0.882. The number of hydrogen-bond donors (Lipinski definition) is 1. The molecule has 1 rings (SSSR count). The molecule has 1 aromatic carbocycles. The van der Waals surface area contributed by atoms with Gasteiger partial charge in [-0.1, -0.05) is 17.7 Å². The molecule has 0 radical (unpaired) electrons. The molecule has 98 valence electrons. The quantitative estimate of drug-likeness (QED) is 0.818. The SMILES string of the molecule is N#CCCCCNS(=O)(=O)c1c(F)cccc1Cl. The molecule has 0 amide bonds. The molecule has 0 spiro atoms. The first-order chi connectivity index (χ1) is 8.49. The predicted octanol–water partition coefficient (Wildman–Crippen LogP) is 2.45. The highest BCUT2D eigenvalue weighted by molar-refractivity contribution is 7.89. The van der Waals surface area contributed by atoms with Crippen molar-refractivity contribution in [1.82, 2.24) is 4.72 Å². The average Bonchev–Trinajstić information content (AvgIpc) is 2.28. The zero-order valence-electron chi connectivity index (χ0n) is 9.49. The summed E-state index contributed by atoms with van der Waals surface area (Å²) in [6.07, 6.45) is 1.46. The molecule has 0 aromatic heterocycles. The number of unbranched alkanes of at least 4 members (excludes halogenated alkanes) is 2. The van der Waals surface area contributed by atoms with Crippen molar-refractivity contribution in [2.45, 2.75) is 24.2 Å². The zero-order valence-corrected chi connectivity index (χ0v) is 11.1. The number of hydrogen-bond acceptors (Lipinski definition) is 3. The third kappa shape index (κ3) is 3.95. The molecule has 0 bridgehead atoms. The van der Waals surface area contributed by atoms with Crippen LogP contribution in [0.2, 0.25) is 5.02 Å². The van der Waals surface area contributed by atoms with Crippen molar-refractivity contribution in [2.75, 3.05) is 6.54 Å². The van der Waals surface area contributed by atoms with Gasteiger partial charge in [-0.05, 0) is 25.0 Å². The van der Waals surface area contributed by atoms with Crippen molar-refractivity contribution in [1.29, 1.82) is 5.26 Å². The second kappa shape index (κ2) is 6.69. The lowest BCUT2D eigenvalue weighted by Crippen LogP contribution is -2.26. The van der Waals surface area contributed by atoms with Crippen LogP contribution in [-0.2, 0) is 10.0 Å². The fourth-order valence-electron chi connectivity index (χ4n) is 1.35. The van der Waals surface area contributed by atoms with Crippen LogP contribution in [0.15, 0.2) is 23.1 Å². The van der Waals surface area contributed by atoms with Gasteiger partial charge in [-0.25, -0.2) is 17.5 Å². The molecule has 0 aliphatic heterocycles. The first kappa shape index (κ1) is 14.9. The lowest BCUT2D eigenvalue weighted by molar-refractivity contribution is 0.554. The fraction of sp³-hybridized carbons (Fsp3) is 0.364. The zero-order chi connectivity index (χ0) is 13.6. The van der Waals surface area contributed by atoms with Gasteiger partial charge in [0.05, 0.1) is 11.1 Å². The third-order valence-electron chi connectivity index (χ3n) is 2.20. The molecule has 7 heteroatoms. The van der Waals surface area contributed by atoms with E-state index in [9.17, 15) is 12.8 Å². The maximum Gasteiger partial charge on any atom is 0.244 e. The molecular weight excluding hydrogens is 279 g/mol. The van der Waals surface area contributed by atoms with E-state index >= 15 is 0 Å². The normalized spacial score (nSPS) is 11.2. The molecule has 0 unspecified atom stereocenters. The first-order valence-electron chi connectivity index (χ1n) is 5.29. The highest BCUT2D eigenvalue weighted by Crippen LogP contribution is 2.23. The predicted molar refractivity (Wildman–Crippen MR) is 66.1 cm³/mol. The number of nitrogens with one attached hydrogen (secondary N) is 1. The highest BCUT2D eigenvalue weighted by atomic mass is 35.5. The molecule has 4 nitrogen and oxygen atoms in total. The molecule has 0 heterocycles. The molecule has 0 atom stereocenters. The maximum atomic E-state index is 13.4. The molecule has 0 aliphatic rings. The van der Waals surface area contributed by atoms with Crippen LogP contribution in [0.25, 0.3) is 0 Å². The molecule has 0 fully saturated rings. The Bertz CT molecular complexity index is 534. The van der Waals surface area contributed by atoms with Gasteiger partial charge in [-0.3, -0.25) is 0 Å². The summed E-state index contributed by atoms with van der Waals surface area (Å²) >= 11 is 5.67. The van der Waals surface area contributed by atoms with Crippen LogP contribution in [0.1, 0.15) is 19.3 Å². The smallest absolute Gasteiger partial charge is 0.211 e. The summed E-state index contributed by atoms with van der Waals surface area (Å²) in [6.45, 7) is 0.147. The summed E-state index contributed by atoms with van der Waals surface area (Å²) in [5, 5.41) is 8.17. The molecule has 0 saturated heterocycles. The van der Waals surface area contributed by atoms with Crippen molar-refractivity contribution in [3.05, 3.63) is 29.0 Å². The van der Waals surface area contributed by atoms with Gasteiger partial charge in [0.1, 0.15) is 10.7 Å². The van der Waals surface area contributed by atoms with Crippen molar-refractivity contribution in [2.24, 2.45) is 0 Å². The summed E-state index contributed by atoms with van der Waals surface area (Å²) in [7, 11) is -3.95. The van der Waals surface area contributed by atoms with Crippen LogP contribution < -0.4 is 4.72 Å². The summed E-state index contributed by atoms with van der Waals surface area (Å²) in [6, 6.07) is 5.65. The Morgan fingerprint density at radius 2 is 2.11 bits per heavy atom. The summed E-state index contributed by atoms with van der Waals surface area (Å²) < 4.78 is 39.3. The Balaban J connectivity index is 2.73. The van der Waals surface area contributed by atoms with Crippen molar-refractivity contribution >= 4 is 21.6 Å². The molecular formula is C11H12ClFN2O2S. The minimum atomic E-state index is -3.95. The second-order valence-corrected chi connectivity index (χ2v) is 5.67. The summed E-state index contributed by atoms with van der Waals surface area (Å²) in [5.41, 5.74) is 0. The Hall–Kier alpha value is -1.16. The second-order valence-electron chi connectivity index (χ2n) is 3.56. The van der Waals surface area contributed by atoms with Crippen molar-refractivity contribution < 1.29 is 12.8 Å². The number of rotatable bonds is 6.